The molecule has 0 saturated heterocycles. The van der Waals surface area contributed by atoms with E-state index in [9.17, 15) is 0 Å². The van der Waals surface area contributed by atoms with Gasteiger partial charge in [-0.15, -0.1) is 0 Å². The SMILES string of the molecule is c1ccc(-c2noc(C[NH2+][C@H](c3ccccc3)c3ccco3)n2)cc1. The highest BCUT2D eigenvalue weighted by molar-refractivity contribution is 5.53. The minimum atomic E-state index is 0.0447. The number of nitrogens with zero attached hydrogens (tertiary/aromatic N) is 2. The first-order chi connectivity index (χ1) is 12.4. The van der Waals surface area contributed by atoms with Crippen molar-refractivity contribution in [2.45, 2.75) is 12.6 Å². The predicted octanol–water partition coefficient (Wildman–Crippen LogP) is 3.18. The number of benzene rings is 2. The topological polar surface area (TPSA) is 68.7 Å². The van der Waals surface area contributed by atoms with Gasteiger partial charge in [-0.3, -0.25) is 0 Å². The maximum atomic E-state index is 5.62. The molecule has 1 atom stereocenters. The number of hydrogen-bond acceptors (Lipinski definition) is 4. The van der Waals surface area contributed by atoms with Crippen LogP contribution in [0.3, 0.4) is 0 Å². The first kappa shape index (κ1) is 15.4. The largest absolute Gasteiger partial charge is 0.463 e. The molecule has 2 heterocycles. The van der Waals surface area contributed by atoms with Gasteiger partial charge >= 0.3 is 0 Å². The van der Waals surface area contributed by atoms with E-state index in [0.717, 1.165) is 11.3 Å². The van der Waals surface area contributed by atoms with Crippen LogP contribution in [-0.4, -0.2) is 10.1 Å². The van der Waals surface area contributed by atoms with Crippen LogP contribution in [0, 0.1) is 0 Å². The second-order valence-electron chi connectivity index (χ2n) is 5.72. The van der Waals surface area contributed by atoms with Crippen molar-refractivity contribution < 1.29 is 14.3 Å². The third kappa shape index (κ3) is 3.51. The Morgan fingerprint density at radius 2 is 1.64 bits per heavy atom. The van der Waals surface area contributed by atoms with Gasteiger partial charge in [0.2, 0.25) is 5.82 Å². The summed E-state index contributed by atoms with van der Waals surface area (Å²) in [6.07, 6.45) is 1.69. The van der Waals surface area contributed by atoms with Gasteiger partial charge in [0.15, 0.2) is 18.3 Å². The zero-order chi connectivity index (χ0) is 16.9. The van der Waals surface area contributed by atoms with E-state index < -0.39 is 0 Å². The Bertz CT molecular complexity index is 903. The second kappa shape index (κ2) is 7.15. The molecule has 2 N–H and O–H groups in total. The van der Waals surface area contributed by atoms with E-state index in [1.54, 1.807) is 6.26 Å². The maximum absolute atomic E-state index is 5.62. The number of quaternary nitrogens is 1. The lowest BCUT2D eigenvalue weighted by atomic mass is 10.0. The van der Waals surface area contributed by atoms with Gasteiger partial charge in [0.1, 0.15) is 0 Å². The molecule has 2 aromatic heterocycles. The Balaban J connectivity index is 1.51. The fraction of sp³-hybridized carbons (Fsp3) is 0.100. The molecule has 0 unspecified atom stereocenters. The molecule has 4 rings (SSSR count). The van der Waals surface area contributed by atoms with Crippen LogP contribution in [0.2, 0.25) is 0 Å². The number of hydrogen-bond donors (Lipinski definition) is 1. The molecular formula is C20H18N3O2+. The molecule has 0 radical (unpaired) electrons. The van der Waals surface area contributed by atoms with Gasteiger partial charge in [0.25, 0.3) is 5.89 Å². The zero-order valence-electron chi connectivity index (χ0n) is 13.6. The summed E-state index contributed by atoms with van der Waals surface area (Å²) in [5.41, 5.74) is 2.11. The molecule has 124 valence electrons. The minimum Gasteiger partial charge on any atom is -0.463 e. The highest BCUT2D eigenvalue weighted by atomic mass is 16.5. The van der Waals surface area contributed by atoms with Crippen LogP contribution in [0.4, 0.5) is 0 Å². The van der Waals surface area contributed by atoms with Crippen molar-refractivity contribution in [3.63, 3.8) is 0 Å². The summed E-state index contributed by atoms with van der Waals surface area (Å²) in [5, 5.41) is 6.21. The van der Waals surface area contributed by atoms with Crippen molar-refractivity contribution in [2.24, 2.45) is 0 Å². The zero-order valence-corrected chi connectivity index (χ0v) is 13.6. The summed E-state index contributed by atoms with van der Waals surface area (Å²) in [6, 6.07) is 24.0. The summed E-state index contributed by atoms with van der Waals surface area (Å²) < 4.78 is 11.0. The van der Waals surface area contributed by atoms with Gasteiger partial charge in [0.05, 0.1) is 6.26 Å². The molecule has 0 spiro atoms. The van der Waals surface area contributed by atoms with Crippen LogP contribution < -0.4 is 5.32 Å². The number of aromatic nitrogens is 2. The third-order valence-corrected chi connectivity index (χ3v) is 4.04. The molecule has 5 nitrogen and oxygen atoms in total. The Morgan fingerprint density at radius 1 is 0.880 bits per heavy atom. The molecule has 4 aromatic rings. The Labute approximate surface area is 145 Å². The molecule has 0 amide bonds. The van der Waals surface area contributed by atoms with Crippen molar-refractivity contribution in [2.75, 3.05) is 0 Å². The first-order valence-electron chi connectivity index (χ1n) is 8.20. The number of furan rings is 1. The van der Waals surface area contributed by atoms with Gasteiger partial charge in [-0.1, -0.05) is 65.8 Å². The monoisotopic (exact) mass is 332 g/mol. The Morgan fingerprint density at radius 3 is 2.36 bits per heavy atom. The molecule has 0 saturated carbocycles. The van der Waals surface area contributed by atoms with E-state index in [4.69, 9.17) is 8.94 Å². The van der Waals surface area contributed by atoms with Crippen molar-refractivity contribution in [1.82, 2.24) is 10.1 Å². The highest BCUT2D eigenvalue weighted by Crippen LogP contribution is 2.19. The molecule has 0 aliphatic carbocycles. The lowest BCUT2D eigenvalue weighted by Crippen LogP contribution is -2.83. The van der Waals surface area contributed by atoms with E-state index >= 15 is 0 Å². The molecule has 0 fully saturated rings. The summed E-state index contributed by atoms with van der Waals surface area (Å²) in [7, 11) is 0. The molecule has 25 heavy (non-hydrogen) atoms. The maximum Gasteiger partial charge on any atom is 0.282 e. The van der Waals surface area contributed by atoms with Crippen LogP contribution in [0.15, 0.2) is 88.0 Å². The Kier molecular flexibility index (Phi) is 4.39. The number of nitrogens with two attached hydrogens (primary N) is 1. The van der Waals surface area contributed by atoms with Gasteiger partial charge in [-0.25, -0.2) is 0 Å². The van der Waals surface area contributed by atoms with E-state index in [2.05, 4.69) is 27.6 Å². The molecular weight excluding hydrogens is 314 g/mol. The van der Waals surface area contributed by atoms with Crippen molar-refractivity contribution in [1.29, 1.82) is 0 Å². The van der Waals surface area contributed by atoms with E-state index in [-0.39, 0.29) is 6.04 Å². The van der Waals surface area contributed by atoms with Gasteiger partial charge < -0.3 is 14.3 Å². The highest BCUT2D eigenvalue weighted by Gasteiger charge is 2.21. The molecule has 0 bridgehead atoms. The van der Waals surface area contributed by atoms with Crippen molar-refractivity contribution in [3.05, 3.63) is 96.3 Å². The van der Waals surface area contributed by atoms with Crippen LogP contribution in [-0.2, 0) is 6.54 Å². The van der Waals surface area contributed by atoms with Crippen LogP contribution in [0.1, 0.15) is 23.3 Å². The normalized spacial score (nSPS) is 12.2. The second-order valence-corrected chi connectivity index (χ2v) is 5.72. The standard InChI is InChI=1S/C20H17N3O2/c1-3-8-15(9-4-1)19(17-12-7-13-24-17)21-14-18-22-20(23-25-18)16-10-5-2-6-11-16/h1-13,19,21H,14H2/p+1/t19-/m1/s1. The van der Waals surface area contributed by atoms with Crippen molar-refractivity contribution in [3.8, 4) is 11.4 Å². The van der Waals surface area contributed by atoms with Gasteiger partial charge in [-0.2, -0.15) is 4.98 Å². The van der Waals surface area contributed by atoms with E-state index in [0.29, 0.717) is 18.3 Å². The van der Waals surface area contributed by atoms with Gasteiger partial charge in [0, 0.05) is 11.1 Å². The summed E-state index contributed by atoms with van der Waals surface area (Å²) >= 11 is 0. The van der Waals surface area contributed by atoms with Crippen molar-refractivity contribution >= 4 is 0 Å². The molecule has 2 aromatic carbocycles. The predicted molar refractivity (Wildman–Crippen MR) is 92.4 cm³/mol. The lowest BCUT2D eigenvalue weighted by Gasteiger charge is -2.12. The summed E-state index contributed by atoms with van der Waals surface area (Å²) in [5.74, 6) is 2.10. The number of rotatable bonds is 6. The smallest absolute Gasteiger partial charge is 0.282 e. The average molecular weight is 332 g/mol. The molecule has 0 aliphatic rings. The Hall–Kier alpha value is -3.18. The quantitative estimate of drug-likeness (QED) is 0.589. The fourth-order valence-electron chi connectivity index (χ4n) is 2.81. The fourth-order valence-corrected chi connectivity index (χ4v) is 2.81. The van der Waals surface area contributed by atoms with E-state index in [1.165, 1.54) is 5.56 Å². The summed E-state index contributed by atoms with van der Waals surface area (Å²) in [4.78, 5) is 4.49. The minimum absolute atomic E-state index is 0.0447. The molecule has 0 aliphatic heterocycles. The van der Waals surface area contributed by atoms with Gasteiger partial charge in [-0.05, 0) is 12.1 Å². The van der Waals surface area contributed by atoms with Crippen LogP contribution in [0.25, 0.3) is 11.4 Å². The third-order valence-electron chi connectivity index (χ3n) is 4.04. The lowest BCUT2D eigenvalue weighted by molar-refractivity contribution is -0.706. The van der Waals surface area contributed by atoms with Crippen LogP contribution in [0.5, 0.6) is 0 Å². The van der Waals surface area contributed by atoms with E-state index in [1.807, 2.05) is 60.7 Å². The summed E-state index contributed by atoms with van der Waals surface area (Å²) in [6.45, 7) is 0.570. The molecule has 5 heteroatoms. The van der Waals surface area contributed by atoms with Crippen LogP contribution >= 0.6 is 0 Å². The average Bonchev–Trinajstić information content (AvgIpc) is 3.36. The first-order valence-corrected chi connectivity index (χ1v) is 8.20.